The lowest BCUT2D eigenvalue weighted by atomic mass is 10.0. The molecule has 2 heterocycles. The zero-order valence-corrected chi connectivity index (χ0v) is 9.14. The van der Waals surface area contributed by atoms with Crippen molar-refractivity contribution in [3.63, 3.8) is 0 Å². The first-order valence-electron chi connectivity index (χ1n) is 5.34. The molecule has 5 heteroatoms. The number of benzene rings is 1. The lowest BCUT2D eigenvalue weighted by molar-refractivity contribution is 0.413. The first-order valence-corrected chi connectivity index (χ1v) is 5.34. The lowest BCUT2D eigenvalue weighted by Gasteiger charge is -2.29. The first-order chi connectivity index (χ1) is 8.19. The van der Waals surface area contributed by atoms with Crippen LogP contribution in [0.2, 0.25) is 0 Å². The summed E-state index contributed by atoms with van der Waals surface area (Å²) < 4.78 is 0. The molecule has 5 nitrogen and oxygen atoms in total. The number of rotatable bonds is 1. The Bertz CT molecular complexity index is 625. The average Bonchev–Trinajstić information content (AvgIpc) is 2.76. The van der Waals surface area contributed by atoms with Gasteiger partial charge in [0.1, 0.15) is 5.84 Å². The molecule has 6 N–H and O–H groups in total. The maximum absolute atomic E-state index is 6.25. The second-order valence-electron chi connectivity index (χ2n) is 4.03. The summed E-state index contributed by atoms with van der Waals surface area (Å²) in [6.45, 7) is 0. The maximum Gasteiger partial charge on any atom is 0.211 e. The van der Waals surface area contributed by atoms with Crippen LogP contribution in [0.15, 0.2) is 47.7 Å². The summed E-state index contributed by atoms with van der Waals surface area (Å²) >= 11 is 0. The van der Waals surface area contributed by atoms with Gasteiger partial charge in [0.2, 0.25) is 5.79 Å². The van der Waals surface area contributed by atoms with Crippen molar-refractivity contribution in [3.8, 4) is 0 Å². The average molecular weight is 227 g/mol. The van der Waals surface area contributed by atoms with Gasteiger partial charge in [0.15, 0.2) is 0 Å². The van der Waals surface area contributed by atoms with Crippen molar-refractivity contribution in [2.24, 2.45) is 16.5 Å². The molecule has 1 aromatic carbocycles. The van der Waals surface area contributed by atoms with E-state index in [0.717, 1.165) is 16.5 Å². The lowest BCUT2D eigenvalue weighted by Crippen LogP contribution is -2.49. The normalized spacial score (nSPS) is 23.5. The molecule has 1 aliphatic rings. The molecule has 0 spiro atoms. The minimum absolute atomic E-state index is 0.416. The summed E-state index contributed by atoms with van der Waals surface area (Å²) in [5, 5.41) is 4.08. The van der Waals surface area contributed by atoms with Crippen molar-refractivity contribution >= 4 is 16.7 Å². The Labute approximate surface area is 98.2 Å². The number of aromatic amines is 1. The molecule has 1 aliphatic heterocycles. The van der Waals surface area contributed by atoms with Crippen LogP contribution in [0.25, 0.3) is 10.9 Å². The predicted molar refractivity (Wildman–Crippen MR) is 68.1 cm³/mol. The van der Waals surface area contributed by atoms with Gasteiger partial charge < -0.3 is 16.0 Å². The number of nitrogens with one attached hydrogen (secondary N) is 2. The van der Waals surface area contributed by atoms with Crippen LogP contribution in [0.5, 0.6) is 0 Å². The van der Waals surface area contributed by atoms with Crippen molar-refractivity contribution < 1.29 is 0 Å². The molecule has 1 unspecified atom stereocenters. The number of fused-ring (bicyclic) bond motifs is 1. The minimum Gasteiger partial charge on any atom is -0.384 e. The number of H-pyrrole nitrogens is 1. The minimum atomic E-state index is -0.999. The summed E-state index contributed by atoms with van der Waals surface area (Å²) in [6, 6.07) is 7.85. The molecule has 0 aliphatic carbocycles. The van der Waals surface area contributed by atoms with E-state index in [-0.39, 0.29) is 0 Å². The van der Waals surface area contributed by atoms with Gasteiger partial charge in [-0.15, -0.1) is 0 Å². The van der Waals surface area contributed by atoms with Crippen LogP contribution in [0.3, 0.4) is 0 Å². The number of hydrogen-bond acceptors (Lipinski definition) is 4. The summed E-state index contributed by atoms with van der Waals surface area (Å²) in [5.41, 5.74) is 13.9. The van der Waals surface area contributed by atoms with Crippen LogP contribution in [-0.2, 0) is 5.79 Å². The van der Waals surface area contributed by atoms with Gasteiger partial charge in [-0.3, -0.25) is 5.73 Å². The molecule has 0 fully saturated rings. The van der Waals surface area contributed by atoms with E-state index in [9.17, 15) is 0 Å². The Kier molecular flexibility index (Phi) is 1.96. The monoisotopic (exact) mass is 227 g/mol. The number of aromatic nitrogens is 1. The highest BCUT2D eigenvalue weighted by molar-refractivity contribution is 5.93. The highest BCUT2D eigenvalue weighted by Gasteiger charge is 2.29. The van der Waals surface area contributed by atoms with Crippen LogP contribution in [-0.4, -0.2) is 10.8 Å². The number of hydrogen-bond donors (Lipinski definition) is 4. The van der Waals surface area contributed by atoms with Gasteiger partial charge >= 0.3 is 0 Å². The van der Waals surface area contributed by atoms with Crippen molar-refractivity contribution in [1.82, 2.24) is 10.3 Å². The summed E-state index contributed by atoms with van der Waals surface area (Å²) in [4.78, 5) is 7.42. The molecule has 0 saturated carbocycles. The van der Waals surface area contributed by atoms with Gasteiger partial charge in [0, 0.05) is 28.9 Å². The third-order valence-electron chi connectivity index (χ3n) is 2.87. The Morgan fingerprint density at radius 2 is 2.12 bits per heavy atom. The van der Waals surface area contributed by atoms with E-state index < -0.39 is 5.79 Å². The topological polar surface area (TPSA) is 92.2 Å². The van der Waals surface area contributed by atoms with E-state index in [0.29, 0.717) is 5.84 Å². The van der Waals surface area contributed by atoms with Gasteiger partial charge in [-0.25, -0.2) is 4.99 Å². The number of amidine groups is 1. The predicted octanol–water partition coefficient (Wildman–Crippen LogP) is 0.711. The number of aliphatic imine (C=N–C) groups is 1. The largest absolute Gasteiger partial charge is 0.384 e. The molecule has 1 aromatic heterocycles. The fourth-order valence-corrected chi connectivity index (χ4v) is 2.08. The first kappa shape index (κ1) is 9.92. The van der Waals surface area contributed by atoms with Crippen LogP contribution < -0.4 is 16.8 Å². The molecular formula is C12H13N5. The van der Waals surface area contributed by atoms with Gasteiger partial charge in [0.05, 0.1) is 0 Å². The highest BCUT2D eigenvalue weighted by atomic mass is 15.3. The highest BCUT2D eigenvalue weighted by Crippen LogP contribution is 2.27. The quantitative estimate of drug-likeness (QED) is 0.578. The third kappa shape index (κ3) is 1.48. The molecular weight excluding hydrogens is 214 g/mol. The Balaban J connectivity index is 2.21. The van der Waals surface area contributed by atoms with E-state index >= 15 is 0 Å². The van der Waals surface area contributed by atoms with E-state index in [1.54, 1.807) is 12.3 Å². The molecule has 0 radical (unpaired) electrons. The van der Waals surface area contributed by atoms with Crippen molar-refractivity contribution in [2.75, 3.05) is 0 Å². The second-order valence-corrected chi connectivity index (χ2v) is 4.03. The summed E-state index contributed by atoms with van der Waals surface area (Å²) in [6.07, 6.45) is 5.28. The zero-order valence-electron chi connectivity index (χ0n) is 9.14. The maximum atomic E-state index is 6.25. The van der Waals surface area contributed by atoms with Crippen molar-refractivity contribution in [2.45, 2.75) is 5.79 Å². The van der Waals surface area contributed by atoms with Gasteiger partial charge in [-0.2, -0.15) is 0 Å². The van der Waals surface area contributed by atoms with Gasteiger partial charge in [0.25, 0.3) is 0 Å². The molecule has 0 amide bonds. The van der Waals surface area contributed by atoms with Gasteiger partial charge in [-0.05, 0) is 18.2 Å². The SMILES string of the molecule is NC1=NC(N)(c2cccc3[nH]ccc23)NC=C1. The van der Waals surface area contributed by atoms with Crippen LogP contribution >= 0.6 is 0 Å². The fraction of sp³-hybridized carbons (Fsp3) is 0.0833. The number of nitrogens with two attached hydrogens (primary N) is 2. The fourth-order valence-electron chi connectivity index (χ4n) is 2.08. The molecule has 86 valence electrons. The van der Waals surface area contributed by atoms with Gasteiger partial charge in [-0.1, -0.05) is 12.1 Å². The van der Waals surface area contributed by atoms with E-state index in [2.05, 4.69) is 15.3 Å². The van der Waals surface area contributed by atoms with E-state index in [1.165, 1.54) is 0 Å². The number of nitrogens with zero attached hydrogens (tertiary/aromatic N) is 1. The molecule has 0 saturated heterocycles. The third-order valence-corrected chi connectivity index (χ3v) is 2.87. The van der Waals surface area contributed by atoms with E-state index in [4.69, 9.17) is 11.5 Å². The summed E-state index contributed by atoms with van der Waals surface area (Å²) in [5.74, 6) is -0.584. The standard InChI is InChI=1S/C12H13N5/c13-11-5-7-16-12(14,17-11)9-2-1-3-10-8(9)4-6-15-10/h1-7,15-16H,14H2,(H2,13,17). The van der Waals surface area contributed by atoms with Crippen LogP contribution in [0.1, 0.15) is 5.56 Å². The van der Waals surface area contributed by atoms with Crippen LogP contribution in [0.4, 0.5) is 0 Å². The second kappa shape index (κ2) is 3.36. The van der Waals surface area contributed by atoms with Crippen molar-refractivity contribution in [3.05, 3.63) is 48.3 Å². The van der Waals surface area contributed by atoms with Crippen molar-refractivity contribution in [1.29, 1.82) is 0 Å². The zero-order chi connectivity index (χ0) is 11.9. The Morgan fingerprint density at radius 3 is 2.94 bits per heavy atom. The molecule has 17 heavy (non-hydrogen) atoms. The van der Waals surface area contributed by atoms with Crippen LogP contribution in [0, 0.1) is 0 Å². The van der Waals surface area contributed by atoms with E-state index in [1.807, 2.05) is 30.5 Å². The molecule has 3 rings (SSSR count). The smallest absolute Gasteiger partial charge is 0.211 e. The molecule has 1 atom stereocenters. The molecule has 2 aromatic rings. The molecule has 0 bridgehead atoms. The Hall–Kier alpha value is -2.27. The Morgan fingerprint density at radius 1 is 1.24 bits per heavy atom. The summed E-state index contributed by atoms with van der Waals surface area (Å²) in [7, 11) is 0.